The minimum atomic E-state index is -1.17. The first-order valence-corrected chi connectivity index (χ1v) is 10.7. The number of amides is 2. The molecule has 0 bridgehead atoms. The summed E-state index contributed by atoms with van der Waals surface area (Å²) in [7, 11) is 2.37. The van der Waals surface area contributed by atoms with E-state index >= 15 is 0 Å². The molecule has 0 fully saturated rings. The van der Waals surface area contributed by atoms with Crippen LogP contribution in [0.1, 0.15) is 55.6 Å². The van der Waals surface area contributed by atoms with Crippen molar-refractivity contribution >= 4 is 35.3 Å². The SMILES string of the molecule is COC(=O)C[C@H](NC(=O)N(Cc1ccc(C(=O)OC(C)(C)C)s1)CC(C)C)C(=O)OC. The zero-order valence-electron chi connectivity index (χ0n) is 19.1. The van der Waals surface area contributed by atoms with Gasteiger partial charge in [0.15, 0.2) is 0 Å². The van der Waals surface area contributed by atoms with Gasteiger partial charge in [-0.05, 0) is 38.8 Å². The predicted octanol–water partition coefficient (Wildman–Crippen LogP) is 2.98. The van der Waals surface area contributed by atoms with Crippen molar-refractivity contribution in [3.63, 3.8) is 0 Å². The highest BCUT2D eigenvalue weighted by Gasteiger charge is 2.28. The minimum absolute atomic E-state index is 0.147. The van der Waals surface area contributed by atoms with Crippen LogP contribution in [0, 0.1) is 5.92 Å². The highest BCUT2D eigenvalue weighted by Crippen LogP contribution is 2.22. The Morgan fingerprint density at radius 3 is 2.26 bits per heavy atom. The lowest BCUT2D eigenvalue weighted by Crippen LogP contribution is -2.49. The van der Waals surface area contributed by atoms with Crippen LogP contribution < -0.4 is 5.32 Å². The van der Waals surface area contributed by atoms with E-state index in [1.54, 1.807) is 32.9 Å². The zero-order valence-corrected chi connectivity index (χ0v) is 20.0. The molecule has 2 amide bonds. The fourth-order valence-corrected chi connectivity index (χ4v) is 3.48. The van der Waals surface area contributed by atoms with Crippen molar-refractivity contribution < 1.29 is 33.4 Å². The molecule has 1 N–H and O–H groups in total. The average molecular weight is 457 g/mol. The number of methoxy groups -OCH3 is 2. The number of carbonyl (C=O) groups excluding carboxylic acids is 4. The van der Waals surface area contributed by atoms with Crippen molar-refractivity contribution in [2.45, 2.75) is 59.2 Å². The fraction of sp³-hybridized carbons (Fsp3) is 0.619. The molecule has 9 nitrogen and oxygen atoms in total. The third-order valence-electron chi connectivity index (χ3n) is 3.86. The Bertz CT molecular complexity index is 783. The summed E-state index contributed by atoms with van der Waals surface area (Å²) >= 11 is 1.24. The average Bonchev–Trinajstić information content (AvgIpc) is 3.13. The lowest BCUT2D eigenvalue weighted by molar-refractivity contribution is -0.149. The fourth-order valence-electron chi connectivity index (χ4n) is 2.58. The zero-order chi connectivity index (χ0) is 23.8. The van der Waals surface area contributed by atoms with E-state index in [-0.39, 0.29) is 18.9 Å². The molecule has 0 aliphatic carbocycles. The molecule has 0 radical (unpaired) electrons. The number of esters is 3. The molecule has 0 spiro atoms. The topological polar surface area (TPSA) is 111 Å². The molecule has 31 heavy (non-hydrogen) atoms. The largest absolute Gasteiger partial charge is 0.469 e. The highest BCUT2D eigenvalue weighted by atomic mass is 32.1. The number of thiophene rings is 1. The van der Waals surface area contributed by atoms with Crippen molar-refractivity contribution in [1.29, 1.82) is 0 Å². The summed E-state index contributed by atoms with van der Waals surface area (Å²) in [6.45, 7) is 9.90. The molecule has 1 aromatic rings. The summed E-state index contributed by atoms with van der Waals surface area (Å²) < 4.78 is 14.6. The summed E-state index contributed by atoms with van der Waals surface area (Å²) in [6, 6.07) is 1.73. The molecular weight excluding hydrogens is 424 g/mol. The van der Waals surface area contributed by atoms with E-state index in [1.807, 2.05) is 13.8 Å². The van der Waals surface area contributed by atoms with E-state index < -0.39 is 35.6 Å². The second-order valence-corrected chi connectivity index (χ2v) is 9.52. The van der Waals surface area contributed by atoms with Gasteiger partial charge in [0.05, 0.1) is 27.2 Å². The summed E-state index contributed by atoms with van der Waals surface area (Å²) in [5.74, 6) is -1.67. The Morgan fingerprint density at radius 1 is 1.10 bits per heavy atom. The Balaban J connectivity index is 2.95. The van der Waals surface area contributed by atoms with Gasteiger partial charge in [0.2, 0.25) is 0 Å². The Labute approximate surface area is 187 Å². The molecule has 0 saturated carbocycles. The summed E-state index contributed by atoms with van der Waals surface area (Å²) in [5, 5.41) is 2.54. The summed E-state index contributed by atoms with van der Waals surface area (Å²) in [4.78, 5) is 51.4. The van der Waals surface area contributed by atoms with Crippen LogP contribution in [0.5, 0.6) is 0 Å². The second kappa shape index (κ2) is 11.7. The first-order chi connectivity index (χ1) is 14.4. The minimum Gasteiger partial charge on any atom is -0.469 e. The summed E-state index contributed by atoms with van der Waals surface area (Å²) in [5.41, 5.74) is -0.604. The molecule has 0 aliphatic heterocycles. The number of hydrogen-bond donors (Lipinski definition) is 1. The van der Waals surface area contributed by atoms with Crippen LogP contribution in [0.3, 0.4) is 0 Å². The quantitative estimate of drug-likeness (QED) is 0.449. The van der Waals surface area contributed by atoms with Crippen LogP contribution in [0.2, 0.25) is 0 Å². The van der Waals surface area contributed by atoms with Gasteiger partial charge in [0.1, 0.15) is 16.5 Å². The van der Waals surface area contributed by atoms with Gasteiger partial charge in [0.25, 0.3) is 0 Å². The highest BCUT2D eigenvalue weighted by molar-refractivity contribution is 7.13. The van der Waals surface area contributed by atoms with Crippen LogP contribution in [0.4, 0.5) is 4.79 Å². The molecule has 0 saturated heterocycles. The van der Waals surface area contributed by atoms with E-state index in [2.05, 4.69) is 14.8 Å². The van der Waals surface area contributed by atoms with Gasteiger partial charge in [-0.15, -0.1) is 11.3 Å². The Morgan fingerprint density at radius 2 is 1.74 bits per heavy atom. The molecule has 10 heteroatoms. The molecule has 1 heterocycles. The van der Waals surface area contributed by atoms with E-state index in [0.29, 0.717) is 11.4 Å². The maximum Gasteiger partial charge on any atom is 0.348 e. The van der Waals surface area contributed by atoms with E-state index in [1.165, 1.54) is 30.5 Å². The van der Waals surface area contributed by atoms with Gasteiger partial charge in [-0.25, -0.2) is 14.4 Å². The van der Waals surface area contributed by atoms with Crippen molar-refractivity contribution in [3.05, 3.63) is 21.9 Å². The van der Waals surface area contributed by atoms with Crippen LogP contribution >= 0.6 is 11.3 Å². The molecule has 1 aromatic heterocycles. The normalized spacial score (nSPS) is 12.1. The maximum atomic E-state index is 12.9. The molecular formula is C21H32N2O7S. The molecule has 1 atom stereocenters. The smallest absolute Gasteiger partial charge is 0.348 e. The van der Waals surface area contributed by atoms with Gasteiger partial charge >= 0.3 is 23.9 Å². The van der Waals surface area contributed by atoms with Crippen LogP contribution in [-0.4, -0.2) is 61.2 Å². The molecule has 1 rings (SSSR count). The number of carbonyl (C=O) groups is 4. The number of ether oxygens (including phenoxy) is 3. The monoisotopic (exact) mass is 456 g/mol. The van der Waals surface area contributed by atoms with Crippen molar-refractivity contribution in [2.75, 3.05) is 20.8 Å². The van der Waals surface area contributed by atoms with Crippen LogP contribution in [0.15, 0.2) is 12.1 Å². The Hall–Kier alpha value is -2.62. The van der Waals surface area contributed by atoms with Crippen molar-refractivity contribution in [1.82, 2.24) is 10.2 Å². The summed E-state index contributed by atoms with van der Waals surface area (Å²) in [6.07, 6.45) is -0.341. The third-order valence-corrected chi connectivity index (χ3v) is 4.91. The molecule has 0 unspecified atom stereocenters. The van der Waals surface area contributed by atoms with E-state index in [9.17, 15) is 19.2 Å². The lowest BCUT2D eigenvalue weighted by Gasteiger charge is -2.26. The standard InChI is InChI=1S/C21H32N2O7S/c1-13(2)11-23(20(27)22-15(18(25)29-7)10-17(24)28-6)12-14-8-9-16(31-14)19(26)30-21(3,4)5/h8-9,13,15H,10-12H2,1-7H3,(H,22,27)/t15-/m0/s1. The Kier molecular flexibility index (Phi) is 9.96. The lowest BCUT2D eigenvalue weighted by atomic mass is 10.2. The van der Waals surface area contributed by atoms with Crippen molar-refractivity contribution in [2.24, 2.45) is 5.92 Å². The van der Waals surface area contributed by atoms with E-state index in [0.717, 1.165) is 4.88 Å². The van der Waals surface area contributed by atoms with Crippen LogP contribution in [0.25, 0.3) is 0 Å². The number of rotatable bonds is 9. The molecule has 174 valence electrons. The molecule has 0 aromatic carbocycles. The van der Waals surface area contributed by atoms with Crippen LogP contribution in [-0.2, 0) is 30.3 Å². The number of nitrogens with zero attached hydrogens (tertiary/aromatic N) is 1. The number of nitrogens with one attached hydrogen (secondary N) is 1. The first-order valence-electron chi connectivity index (χ1n) is 9.88. The maximum absolute atomic E-state index is 12.9. The number of urea groups is 1. The third kappa shape index (κ3) is 9.37. The first kappa shape index (κ1) is 26.4. The van der Waals surface area contributed by atoms with Gasteiger partial charge < -0.3 is 24.4 Å². The van der Waals surface area contributed by atoms with E-state index in [4.69, 9.17) is 4.74 Å². The van der Waals surface area contributed by atoms with Gasteiger partial charge in [-0.3, -0.25) is 4.79 Å². The van der Waals surface area contributed by atoms with Crippen molar-refractivity contribution in [3.8, 4) is 0 Å². The van der Waals surface area contributed by atoms with Gasteiger partial charge in [0, 0.05) is 11.4 Å². The van der Waals surface area contributed by atoms with Gasteiger partial charge in [-0.1, -0.05) is 13.8 Å². The number of hydrogen-bond acceptors (Lipinski definition) is 8. The second-order valence-electron chi connectivity index (χ2n) is 8.35. The van der Waals surface area contributed by atoms with Gasteiger partial charge in [-0.2, -0.15) is 0 Å². The molecule has 0 aliphatic rings. The predicted molar refractivity (Wildman–Crippen MR) is 116 cm³/mol.